The zero-order chi connectivity index (χ0) is 16.4. The molecule has 2 heterocycles. The minimum Gasteiger partial charge on any atom is -0.297 e. The molecule has 23 heavy (non-hydrogen) atoms. The maximum atomic E-state index is 13.1. The van der Waals surface area contributed by atoms with E-state index in [-0.39, 0.29) is 11.9 Å². The molecule has 6 heteroatoms. The second-order valence-corrected chi connectivity index (χ2v) is 8.83. The van der Waals surface area contributed by atoms with Crippen LogP contribution >= 0.6 is 0 Å². The van der Waals surface area contributed by atoms with Crippen LogP contribution in [-0.4, -0.2) is 61.9 Å². The summed E-state index contributed by atoms with van der Waals surface area (Å²) in [6, 6.07) is 7.31. The molecule has 128 valence electrons. The van der Waals surface area contributed by atoms with E-state index >= 15 is 0 Å². The molecule has 0 radical (unpaired) electrons. The van der Waals surface area contributed by atoms with Gasteiger partial charge in [0, 0.05) is 38.3 Å². The minimum absolute atomic E-state index is 0.198. The van der Waals surface area contributed by atoms with Gasteiger partial charge in [0.15, 0.2) is 9.84 Å². The average Bonchev–Trinajstić information content (AvgIpc) is 2.91. The Bertz CT molecular complexity index is 624. The predicted octanol–water partition coefficient (Wildman–Crippen LogP) is 2.08. The van der Waals surface area contributed by atoms with Crippen molar-refractivity contribution in [3.05, 3.63) is 35.6 Å². The Morgan fingerprint density at radius 1 is 1.17 bits per heavy atom. The number of piperazine rings is 1. The molecule has 0 spiro atoms. The van der Waals surface area contributed by atoms with Gasteiger partial charge in [0.25, 0.3) is 0 Å². The van der Waals surface area contributed by atoms with Crippen LogP contribution in [-0.2, 0) is 9.84 Å². The van der Waals surface area contributed by atoms with Crippen LogP contribution < -0.4 is 0 Å². The summed E-state index contributed by atoms with van der Waals surface area (Å²) in [5, 5.41) is 0. The van der Waals surface area contributed by atoms with Gasteiger partial charge in [-0.2, -0.15) is 0 Å². The van der Waals surface area contributed by atoms with Crippen LogP contribution in [0.25, 0.3) is 0 Å². The summed E-state index contributed by atoms with van der Waals surface area (Å²) in [6.45, 7) is 5.86. The van der Waals surface area contributed by atoms with Crippen LogP contribution in [0, 0.1) is 5.82 Å². The van der Waals surface area contributed by atoms with Crippen LogP contribution in [0.1, 0.15) is 31.4 Å². The molecule has 0 aliphatic carbocycles. The van der Waals surface area contributed by atoms with E-state index in [1.807, 2.05) is 12.1 Å². The van der Waals surface area contributed by atoms with Crippen LogP contribution in [0.15, 0.2) is 24.3 Å². The van der Waals surface area contributed by atoms with E-state index < -0.39 is 9.84 Å². The van der Waals surface area contributed by atoms with Crippen LogP contribution in [0.3, 0.4) is 0 Å². The maximum absolute atomic E-state index is 13.1. The minimum atomic E-state index is -2.82. The molecule has 3 rings (SSSR count). The molecule has 2 fully saturated rings. The van der Waals surface area contributed by atoms with Crippen molar-refractivity contribution in [2.45, 2.75) is 31.8 Å². The van der Waals surface area contributed by atoms with Gasteiger partial charge >= 0.3 is 0 Å². The van der Waals surface area contributed by atoms with E-state index in [4.69, 9.17) is 0 Å². The summed E-state index contributed by atoms with van der Waals surface area (Å²) < 4.78 is 36.4. The van der Waals surface area contributed by atoms with Crippen molar-refractivity contribution in [3.63, 3.8) is 0 Å². The molecule has 0 bridgehead atoms. The number of halogens is 1. The van der Waals surface area contributed by atoms with E-state index in [1.165, 1.54) is 12.1 Å². The summed E-state index contributed by atoms with van der Waals surface area (Å²) in [4.78, 5) is 4.77. The zero-order valence-electron chi connectivity index (χ0n) is 13.6. The van der Waals surface area contributed by atoms with Gasteiger partial charge in [-0.25, -0.2) is 12.8 Å². The van der Waals surface area contributed by atoms with Crippen LogP contribution in [0.5, 0.6) is 0 Å². The molecular formula is C17H25FN2O2S. The van der Waals surface area contributed by atoms with Crippen molar-refractivity contribution < 1.29 is 12.8 Å². The first kappa shape index (κ1) is 16.9. The van der Waals surface area contributed by atoms with Crippen molar-refractivity contribution >= 4 is 9.84 Å². The van der Waals surface area contributed by atoms with Gasteiger partial charge in [-0.05, 0) is 30.5 Å². The summed E-state index contributed by atoms with van der Waals surface area (Å²) in [7, 11) is -2.82. The summed E-state index contributed by atoms with van der Waals surface area (Å²) in [5.41, 5.74) is 1.16. The fourth-order valence-corrected chi connectivity index (χ4v) is 5.63. The fraction of sp³-hybridized carbons (Fsp3) is 0.647. The Morgan fingerprint density at radius 3 is 2.35 bits per heavy atom. The average molecular weight is 340 g/mol. The molecule has 2 aliphatic heterocycles. The number of hydrogen-bond acceptors (Lipinski definition) is 4. The van der Waals surface area contributed by atoms with Crippen molar-refractivity contribution in [1.82, 2.24) is 9.80 Å². The highest BCUT2D eigenvalue weighted by Crippen LogP contribution is 2.27. The largest absolute Gasteiger partial charge is 0.297 e. The molecule has 1 aromatic carbocycles. The fourth-order valence-electron chi connectivity index (χ4n) is 3.87. The van der Waals surface area contributed by atoms with Crippen LogP contribution in [0.2, 0.25) is 0 Å². The number of sulfone groups is 1. The summed E-state index contributed by atoms with van der Waals surface area (Å²) >= 11 is 0. The highest BCUT2D eigenvalue weighted by Gasteiger charge is 2.34. The zero-order valence-corrected chi connectivity index (χ0v) is 14.4. The van der Waals surface area contributed by atoms with Gasteiger partial charge in [0.05, 0.1) is 11.5 Å². The highest BCUT2D eigenvalue weighted by molar-refractivity contribution is 7.91. The number of benzene rings is 1. The lowest BCUT2D eigenvalue weighted by Crippen LogP contribution is -2.51. The van der Waals surface area contributed by atoms with Gasteiger partial charge in [0.2, 0.25) is 0 Å². The Balaban J connectivity index is 1.60. The van der Waals surface area contributed by atoms with E-state index in [2.05, 4.69) is 16.7 Å². The molecule has 0 N–H and O–H groups in total. The lowest BCUT2D eigenvalue weighted by atomic mass is 10.0. The summed E-state index contributed by atoms with van der Waals surface area (Å²) in [5.74, 6) is 0.462. The smallest absolute Gasteiger partial charge is 0.151 e. The Hall–Kier alpha value is -0.980. The Morgan fingerprint density at radius 2 is 1.83 bits per heavy atom. The first-order valence-electron chi connectivity index (χ1n) is 8.42. The molecule has 0 amide bonds. The molecule has 2 aliphatic rings. The normalized spacial score (nSPS) is 27.1. The number of rotatable bonds is 4. The second kappa shape index (κ2) is 6.87. The topological polar surface area (TPSA) is 40.6 Å². The quantitative estimate of drug-likeness (QED) is 0.841. The monoisotopic (exact) mass is 340 g/mol. The highest BCUT2D eigenvalue weighted by atomic mass is 32.2. The number of hydrogen-bond donors (Lipinski definition) is 0. The molecular weight excluding hydrogens is 315 g/mol. The van der Waals surface area contributed by atoms with Crippen molar-refractivity contribution in [2.24, 2.45) is 0 Å². The third kappa shape index (κ3) is 3.92. The van der Waals surface area contributed by atoms with Crippen molar-refractivity contribution in [2.75, 3.05) is 37.7 Å². The molecule has 2 unspecified atom stereocenters. The SMILES string of the molecule is CCC(c1ccc(F)cc1)N1CCN(C2CCS(=O)(=O)C2)CC1. The van der Waals surface area contributed by atoms with Crippen molar-refractivity contribution in [1.29, 1.82) is 0 Å². The Kier molecular flexibility index (Phi) is 5.04. The van der Waals surface area contributed by atoms with E-state index in [1.54, 1.807) is 0 Å². The Labute approximate surface area is 138 Å². The molecule has 0 aromatic heterocycles. The molecule has 1 aromatic rings. The standard InChI is InChI=1S/C17H25FN2O2S/c1-2-17(14-3-5-15(18)6-4-14)20-10-8-19(9-11-20)16-7-12-23(21,22)13-16/h3-6,16-17H,2,7-13H2,1H3. The van der Waals surface area contributed by atoms with Gasteiger partial charge in [0.1, 0.15) is 5.82 Å². The van der Waals surface area contributed by atoms with Crippen molar-refractivity contribution in [3.8, 4) is 0 Å². The van der Waals surface area contributed by atoms with E-state index in [9.17, 15) is 12.8 Å². The summed E-state index contributed by atoms with van der Waals surface area (Å²) in [6.07, 6.45) is 1.76. The lowest BCUT2D eigenvalue weighted by molar-refractivity contribution is 0.0734. The first-order valence-corrected chi connectivity index (χ1v) is 10.2. The first-order chi connectivity index (χ1) is 11.0. The molecule has 0 saturated carbocycles. The van der Waals surface area contributed by atoms with Gasteiger partial charge in [-0.1, -0.05) is 19.1 Å². The third-order valence-electron chi connectivity index (χ3n) is 5.16. The molecule has 4 nitrogen and oxygen atoms in total. The maximum Gasteiger partial charge on any atom is 0.151 e. The molecule has 2 saturated heterocycles. The second-order valence-electron chi connectivity index (χ2n) is 6.60. The van der Waals surface area contributed by atoms with Gasteiger partial charge < -0.3 is 0 Å². The number of nitrogens with zero attached hydrogens (tertiary/aromatic N) is 2. The van der Waals surface area contributed by atoms with E-state index in [0.29, 0.717) is 17.5 Å². The van der Waals surface area contributed by atoms with Crippen LogP contribution in [0.4, 0.5) is 4.39 Å². The van der Waals surface area contributed by atoms with Gasteiger partial charge in [-0.3, -0.25) is 9.80 Å². The lowest BCUT2D eigenvalue weighted by Gasteiger charge is -2.41. The van der Waals surface area contributed by atoms with Gasteiger partial charge in [-0.15, -0.1) is 0 Å². The van der Waals surface area contributed by atoms with E-state index in [0.717, 1.165) is 44.6 Å². The predicted molar refractivity (Wildman–Crippen MR) is 89.6 cm³/mol. The third-order valence-corrected chi connectivity index (χ3v) is 6.91. The molecule has 2 atom stereocenters.